The van der Waals surface area contributed by atoms with E-state index in [1.807, 2.05) is 11.5 Å². The molecule has 1 aromatic rings. The number of carboxylic acid groups (broad SMARTS) is 1. The van der Waals surface area contributed by atoms with Gasteiger partial charge in [-0.1, -0.05) is 24.9 Å². The van der Waals surface area contributed by atoms with Crippen molar-refractivity contribution >= 4 is 23.5 Å². The Balaban J connectivity index is 2.12. The zero-order valence-electron chi connectivity index (χ0n) is 10.7. The molecule has 0 bridgehead atoms. The fourth-order valence-corrected chi connectivity index (χ4v) is 2.27. The Hall–Kier alpha value is -1.49. The van der Waals surface area contributed by atoms with E-state index < -0.39 is 12.0 Å². The van der Waals surface area contributed by atoms with Crippen molar-refractivity contribution in [1.29, 1.82) is 0 Å². The lowest BCUT2D eigenvalue weighted by Gasteiger charge is -2.14. The first kappa shape index (κ1) is 13.9. The SMILES string of the molecule is CCCC(NC(=O)c1cc(Cl)cn1C1CC1)C(=O)O. The summed E-state index contributed by atoms with van der Waals surface area (Å²) in [6.45, 7) is 1.88. The number of carboxylic acids is 1. The van der Waals surface area contributed by atoms with Gasteiger partial charge in [-0.3, -0.25) is 4.79 Å². The van der Waals surface area contributed by atoms with Gasteiger partial charge in [0.1, 0.15) is 11.7 Å². The van der Waals surface area contributed by atoms with Gasteiger partial charge in [-0.2, -0.15) is 0 Å². The number of nitrogens with one attached hydrogen (secondary N) is 1. The number of carbonyl (C=O) groups excluding carboxylic acids is 1. The molecule has 0 spiro atoms. The number of hydrogen-bond acceptors (Lipinski definition) is 2. The summed E-state index contributed by atoms with van der Waals surface area (Å²) in [4.78, 5) is 23.2. The fraction of sp³-hybridized carbons (Fsp3) is 0.538. The maximum absolute atomic E-state index is 12.1. The van der Waals surface area contributed by atoms with Crippen molar-refractivity contribution in [2.24, 2.45) is 0 Å². The Bertz CT molecular complexity index is 494. The lowest BCUT2D eigenvalue weighted by molar-refractivity contribution is -0.139. The first-order chi connectivity index (χ1) is 9.02. The predicted octanol–water partition coefficient (Wildman–Crippen LogP) is 2.46. The second-order valence-corrected chi connectivity index (χ2v) is 5.27. The molecule has 1 fully saturated rings. The molecule has 0 saturated heterocycles. The monoisotopic (exact) mass is 284 g/mol. The smallest absolute Gasteiger partial charge is 0.326 e. The van der Waals surface area contributed by atoms with Gasteiger partial charge < -0.3 is 15.0 Å². The third kappa shape index (κ3) is 3.29. The number of hydrogen-bond donors (Lipinski definition) is 2. The van der Waals surface area contributed by atoms with Crippen LogP contribution in [0.15, 0.2) is 12.3 Å². The fourth-order valence-electron chi connectivity index (χ4n) is 2.06. The Morgan fingerprint density at radius 3 is 2.79 bits per heavy atom. The van der Waals surface area contributed by atoms with E-state index in [-0.39, 0.29) is 5.91 Å². The molecule has 0 aromatic carbocycles. The molecule has 1 unspecified atom stereocenters. The van der Waals surface area contributed by atoms with E-state index >= 15 is 0 Å². The summed E-state index contributed by atoms with van der Waals surface area (Å²) in [5.74, 6) is -1.38. The van der Waals surface area contributed by atoms with Gasteiger partial charge in [0.2, 0.25) is 0 Å². The standard InChI is InChI=1S/C13H17ClN2O3/c1-2-3-10(13(18)19)15-12(17)11-6-8(14)7-16(11)9-4-5-9/h6-7,9-10H,2-5H2,1H3,(H,15,17)(H,18,19). The second-order valence-electron chi connectivity index (χ2n) is 4.83. The van der Waals surface area contributed by atoms with Gasteiger partial charge in [-0.05, 0) is 25.3 Å². The average molecular weight is 285 g/mol. The van der Waals surface area contributed by atoms with Crippen molar-refractivity contribution in [3.63, 3.8) is 0 Å². The van der Waals surface area contributed by atoms with Crippen LogP contribution < -0.4 is 5.32 Å². The minimum absolute atomic E-state index is 0.322. The van der Waals surface area contributed by atoms with E-state index in [9.17, 15) is 9.59 Å². The Morgan fingerprint density at radius 2 is 2.26 bits per heavy atom. The van der Waals surface area contributed by atoms with Crippen LogP contribution in [-0.4, -0.2) is 27.6 Å². The van der Waals surface area contributed by atoms with Crippen LogP contribution in [-0.2, 0) is 4.79 Å². The highest BCUT2D eigenvalue weighted by Crippen LogP contribution is 2.37. The van der Waals surface area contributed by atoms with Crippen molar-refractivity contribution in [2.75, 3.05) is 0 Å². The Labute approximate surface area is 116 Å². The zero-order valence-corrected chi connectivity index (χ0v) is 11.5. The maximum atomic E-state index is 12.1. The molecule has 19 heavy (non-hydrogen) atoms. The van der Waals surface area contributed by atoms with Crippen molar-refractivity contribution in [1.82, 2.24) is 9.88 Å². The lowest BCUT2D eigenvalue weighted by Crippen LogP contribution is -2.41. The number of amides is 1. The highest BCUT2D eigenvalue weighted by Gasteiger charge is 2.29. The summed E-state index contributed by atoms with van der Waals surface area (Å²) >= 11 is 5.92. The number of nitrogens with zero attached hydrogens (tertiary/aromatic N) is 1. The van der Waals surface area contributed by atoms with Crippen LogP contribution >= 0.6 is 11.6 Å². The van der Waals surface area contributed by atoms with Gasteiger partial charge in [-0.25, -0.2) is 4.79 Å². The molecular formula is C13H17ClN2O3. The number of rotatable bonds is 6. The molecule has 1 saturated carbocycles. The first-order valence-corrected chi connectivity index (χ1v) is 6.81. The summed E-state index contributed by atoms with van der Waals surface area (Å²) < 4.78 is 1.84. The van der Waals surface area contributed by atoms with Crippen LogP contribution in [0.1, 0.15) is 49.1 Å². The van der Waals surface area contributed by atoms with Crippen LogP contribution in [0.4, 0.5) is 0 Å². The number of aliphatic carboxylic acids is 1. The summed E-state index contributed by atoms with van der Waals surface area (Å²) in [6.07, 6.45) is 4.90. The van der Waals surface area contributed by atoms with Crippen LogP contribution in [0.2, 0.25) is 5.02 Å². The topological polar surface area (TPSA) is 71.3 Å². The highest BCUT2D eigenvalue weighted by atomic mass is 35.5. The van der Waals surface area contributed by atoms with Crippen molar-refractivity contribution in [3.05, 3.63) is 23.0 Å². The molecule has 1 heterocycles. The number of aromatic nitrogens is 1. The molecule has 2 N–H and O–H groups in total. The van der Waals surface area contributed by atoms with Gasteiger partial charge in [0.15, 0.2) is 0 Å². The van der Waals surface area contributed by atoms with Crippen molar-refractivity contribution in [3.8, 4) is 0 Å². The predicted molar refractivity (Wildman–Crippen MR) is 71.5 cm³/mol. The van der Waals surface area contributed by atoms with Gasteiger partial charge in [0.25, 0.3) is 5.91 Å². The number of halogens is 1. The summed E-state index contributed by atoms with van der Waals surface area (Å²) in [5.41, 5.74) is 0.440. The van der Waals surface area contributed by atoms with Gasteiger partial charge in [-0.15, -0.1) is 0 Å². The Kier molecular flexibility index (Phi) is 4.14. The maximum Gasteiger partial charge on any atom is 0.326 e. The second kappa shape index (κ2) is 5.65. The zero-order chi connectivity index (χ0) is 14.0. The minimum atomic E-state index is -1.01. The van der Waals surface area contributed by atoms with E-state index in [0.717, 1.165) is 12.8 Å². The lowest BCUT2D eigenvalue weighted by atomic mass is 10.1. The molecule has 6 heteroatoms. The molecule has 1 aliphatic carbocycles. The van der Waals surface area contributed by atoms with E-state index in [2.05, 4.69) is 5.32 Å². The summed E-state index contributed by atoms with van der Waals surface area (Å²) in [6, 6.07) is 1.06. The van der Waals surface area contributed by atoms with Gasteiger partial charge >= 0.3 is 5.97 Å². The Morgan fingerprint density at radius 1 is 1.58 bits per heavy atom. The van der Waals surface area contributed by atoms with Crippen molar-refractivity contribution < 1.29 is 14.7 Å². The molecule has 1 aromatic heterocycles. The van der Waals surface area contributed by atoms with Crippen LogP contribution in [0.3, 0.4) is 0 Å². The molecule has 1 atom stereocenters. The largest absolute Gasteiger partial charge is 0.480 e. The van der Waals surface area contributed by atoms with Crippen molar-refractivity contribution in [2.45, 2.75) is 44.7 Å². The minimum Gasteiger partial charge on any atom is -0.480 e. The van der Waals surface area contributed by atoms with Crippen LogP contribution in [0.5, 0.6) is 0 Å². The normalized spacial score (nSPS) is 16.1. The van der Waals surface area contributed by atoms with E-state index in [1.54, 1.807) is 12.3 Å². The molecule has 1 aliphatic rings. The molecule has 0 aliphatic heterocycles. The molecule has 2 rings (SSSR count). The van der Waals surface area contributed by atoms with Crippen LogP contribution in [0.25, 0.3) is 0 Å². The molecule has 5 nitrogen and oxygen atoms in total. The van der Waals surface area contributed by atoms with E-state index in [0.29, 0.717) is 29.6 Å². The third-order valence-electron chi connectivity index (χ3n) is 3.17. The third-order valence-corrected chi connectivity index (χ3v) is 3.38. The van der Waals surface area contributed by atoms with E-state index in [4.69, 9.17) is 16.7 Å². The molecule has 1 amide bonds. The van der Waals surface area contributed by atoms with E-state index in [1.165, 1.54) is 0 Å². The number of carbonyl (C=O) groups is 2. The average Bonchev–Trinajstić information content (AvgIpc) is 3.11. The molecule has 104 valence electrons. The quantitative estimate of drug-likeness (QED) is 0.843. The first-order valence-electron chi connectivity index (χ1n) is 6.44. The molecule has 0 radical (unpaired) electrons. The summed E-state index contributed by atoms with van der Waals surface area (Å²) in [7, 11) is 0. The molecular weight excluding hydrogens is 268 g/mol. The highest BCUT2D eigenvalue weighted by molar-refractivity contribution is 6.31. The van der Waals surface area contributed by atoms with Gasteiger partial charge in [0.05, 0.1) is 5.02 Å². The van der Waals surface area contributed by atoms with Crippen LogP contribution in [0, 0.1) is 0 Å². The van der Waals surface area contributed by atoms with Gasteiger partial charge in [0, 0.05) is 12.2 Å². The summed E-state index contributed by atoms with van der Waals surface area (Å²) in [5, 5.41) is 12.1.